The number of hydrogen-bond donors (Lipinski definition) is 1. The van der Waals surface area contributed by atoms with Gasteiger partial charge >= 0.3 is 5.69 Å². The van der Waals surface area contributed by atoms with Gasteiger partial charge < -0.3 is 14.8 Å². The summed E-state index contributed by atoms with van der Waals surface area (Å²) in [6.45, 7) is 1.40. The third kappa shape index (κ3) is 3.47. The summed E-state index contributed by atoms with van der Waals surface area (Å²) in [7, 11) is 2.94. The zero-order chi connectivity index (χ0) is 18.0. The van der Waals surface area contributed by atoms with Gasteiger partial charge in [0.25, 0.3) is 5.56 Å². The number of pyridine rings is 1. The Morgan fingerprint density at radius 3 is 2.80 bits per heavy atom. The predicted molar refractivity (Wildman–Crippen MR) is 94.7 cm³/mol. The van der Waals surface area contributed by atoms with Crippen molar-refractivity contribution in [3.05, 3.63) is 51.4 Å². The molecule has 0 aliphatic carbocycles. The Hall–Kier alpha value is -2.90. The molecule has 132 valence electrons. The summed E-state index contributed by atoms with van der Waals surface area (Å²) in [4.78, 5) is 42.9. The number of aromatic nitrogens is 3. The lowest BCUT2D eigenvalue weighted by Gasteiger charge is -2.32. The van der Waals surface area contributed by atoms with Gasteiger partial charge in [-0.25, -0.2) is 9.78 Å². The molecular formula is C17H21N5O3. The Kier molecular flexibility index (Phi) is 4.69. The number of hydrogen-bond acceptors (Lipinski definition) is 5. The molecule has 1 aliphatic rings. The lowest BCUT2D eigenvalue weighted by atomic mass is 9.97. The molecule has 0 saturated carbocycles. The van der Waals surface area contributed by atoms with Crippen LogP contribution in [-0.2, 0) is 18.9 Å². The van der Waals surface area contributed by atoms with Gasteiger partial charge in [0.05, 0.1) is 5.92 Å². The minimum Gasteiger partial charge on any atom is -0.356 e. The first kappa shape index (κ1) is 16.9. The standard InChI is InChI=1S/C17H21N5O3/c1-20-11-13(16(24)21(2)17(20)25)19-15(23)12-6-5-9-22(10-12)14-7-3-4-8-18-14/h3-4,7-8,11-12H,5-6,9-10H2,1-2H3,(H,19,23). The first-order chi connectivity index (χ1) is 12.0. The van der Waals surface area contributed by atoms with Gasteiger partial charge in [-0.1, -0.05) is 6.07 Å². The molecule has 2 aromatic rings. The van der Waals surface area contributed by atoms with E-state index >= 15 is 0 Å². The molecule has 0 spiro atoms. The fourth-order valence-electron chi connectivity index (χ4n) is 3.07. The van der Waals surface area contributed by atoms with E-state index in [-0.39, 0.29) is 17.5 Å². The molecule has 0 bridgehead atoms. The third-order valence-corrected chi connectivity index (χ3v) is 4.47. The number of anilines is 2. The molecule has 1 atom stereocenters. The molecule has 1 fully saturated rings. The van der Waals surface area contributed by atoms with Gasteiger partial charge in [0.15, 0.2) is 0 Å². The maximum Gasteiger partial charge on any atom is 0.330 e. The number of nitrogens with zero attached hydrogens (tertiary/aromatic N) is 4. The molecule has 1 aliphatic heterocycles. The molecule has 8 nitrogen and oxygen atoms in total. The Morgan fingerprint density at radius 1 is 1.28 bits per heavy atom. The monoisotopic (exact) mass is 343 g/mol. The zero-order valence-corrected chi connectivity index (χ0v) is 14.3. The molecule has 1 unspecified atom stereocenters. The average molecular weight is 343 g/mol. The molecule has 0 aromatic carbocycles. The quantitative estimate of drug-likeness (QED) is 0.868. The van der Waals surface area contributed by atoms with Crippen LogP contribution >= 0.6 is 0 Å². The van der Waals surface area contributed by atoms with Crippen LogP contribution in [0, 0.1) is 5.92 Å². The summed E-state index contributed by atoms with van der Waals surface area (Å²) >= 11 is 0. The van der Waals surface area contributed by atoms with Gasteiger partial charge in [0.2, 0.25) is 5.91 Å². The van der Waals surface area contributed by atoms with Crippen molar-refractivity contribution >= 4 is 17.4 Å². The summed E-state index contributed by atoms with van der Waals surface area (Å²) < 4.78 is 2.26. The van der Waals surface area contributed by atoms with Crippen molar-refractivity contribution < 1.29 is 4.79 Å². The van der Waals surface area contributed by atoms with Crippen LogP contribution in [0.2, 0.25) is 0 Å². The summed E-state index contributed by atoms with van der Waals surface area (Å²) in [5.74, 6) is 0.395. The number of carbonyl (C=O) groups is 1. The Morgan fingerprint density at radius 2 is 2.08 bits per heavy atom. The van der Waals surface area contributed by atoms with Gasteiger partial charge in [0.1, 0.15) is 11.5 Å². The Bertz CT molecular complexity index is 887. The van der Waals surface area contributed by atoms with E-state index in [9.17, 15) is 14.4 Å². The van der Waals surface area contributed by atoms with Gasteiger partial charge in [-0.05, 0) is 25.0 Å². The number of carbonyl (C=O) groups excluding carboxylic acids is 1. The maximum atomic E-state index is 12.6. The second kappa shape index (κ2) is 6.92. The van der Waals surface area contributed by atoms with Crippen molar-refractivity contribution in [1.29, 1.82) is 0 Å². The molecule has 0 radical (unpaired) electrons. The minimum atomic E-state index is -0.506. The van der Waals surface area contributed by atoms with Crippen LogP contribution in [0.15, 0.2) is 40.2 Å². The smallest absolute Gasteiger partial charge is 0.330 e. The van der Waals surface area contributed by atoms with E-state index in [2.05, 4.69) is 15.2 Å². The average Bonchev–Trinajstić information content (AvgIpc) is 2.65. The van der Waals surface area contributed by atoms with Crippen molar-refractivity contribution in [2.75, 3.05) is 23.3 Å². The third-order valence-electron chi connectivity index (χ3n) is 4.47. The number of aryl methyl sites for hydroxylation is 1. The van der Waals surface area contributed by atoms with Crippen LogP contribution < -0.4 is 21.5 Å². The van der Waals surface area contributed by atoms with Crippen molar-refractivity contribution in [2.45, 2.75) is 12.8 Å². The molecule has 2 aromatic heterocycles. The topological polar surface area (TPSA) is 89.2 Å². The summed E-state index contributed by atoms with van der Waals surface area (Å²) in [5.41, 5.74) is -0.819. The van der Waals surface area contributed by atoms with Crippen molar-refractivity contribution in [1.82, 2.24) is 14.1 Å². The molecule has 8 heteroatoms. The highest BCUT2D eigenvalue weighted by Gasteiger charge is 2.27. The SMILES string of the molecule is Cn1cc(NC(=O)C2CCCN(c3ccccn3)C2)c(=O)n(C)c1=O. The van der Waals surface area contributed by atoms with Crippen molar-refractivity contribution in [3.8, 4) is 0 Å². The van der Waals surface area contributed by atoms with Gasteiger partial charge in [-0.3, -0.25) is 14.2 Å². The number of rotatable bonds is 3. The number of nitrogens with one attached hydrogen (secondary N) is 1. The Balaban J connectivity index is 1.76. The fourth-order valence-corrected chi connectivity index (χ4v) is 3.07. The van der Waals surface area contributed by atoms with E-state index in [0.29, 0.717) is 6.54 Å². The zero-order valence-electron chi connectivity index (χ0n) is 14.3. The lowest BCUT2D eigenvalue weighted by molar-refractivity contribution is -0.120. The lowest BCUT2D eigenvalue weighted by Crippen LogP contribution is -2.43. The fraction of sp³-hybridized carbons (Fsp3) is 0.412. The summed E-state index contributed by atoms with van der Waals surface area (Å²) in [6.07, 6.45) is 4.72. The molecule has 1 N–H and O–H groups in total. The van der Waals surface area contributed by atoms with Gasteiger partial charge in [0, 0.05) is 39.6 Å². The number of amides is 1. The molecule has 1 amide bonds. The second-order valence-electron chi connectivity index (χ2n) is 6.26. The minimum absolute atomic E-state index is 0.115. The molecular weight excluding hydrogens is 322 g/mol. The second-order valence-corrected chi connectivity index (χ2v) is 6.26. The first-order valence-corrected chi connectivity index (χ1v) is 8.21. The summed E-state index contributed by atoms with van der Waals surface area (Å²) in [5, 5.41) is 2.68. The largest absolute Gasteiger partial charge is 0.356 e. The van der Waals surface area contributed by atoms with Crippen LogP contribution in [0.1, 0.15) is 12.8 Å². The maximum absolute atomic E-state index is 12.6. The van der Waals surface area contributed by atoms with Gasteiger partial charge in [-0.2, -0.15) is 0 Å². The predicted octanol–water partition coefficient (Wildman–Crippen LogP) is 0.334. The van der Waals surface area contributed by atoms with Crippen LogP contribution in [0.5, 0.6) is 0 Å². The van der Waals surface area contributed by atoms with E-state index in [1.54, 1.807) is 13.2 Å². The van der Waals surface area contributed by atoms with Crippen LogP contribution in [0.25, 0.3) is 0 Å². The van der Waals surface area contributed by atoms with Crippen LogP contribution in [0.3, 0.4) is 0 Å². The van der Waals surface area contributed by atoms with E-state index in [1.165, 1.54) is 17.8 Å². The Labute approximate surface area is 144 Å². The number of piperidine rings is 1. The van der Waals surface area contributed by atoms with E-state index in [1.807, 2.05) is 18.2 Å². The molecule has 3 rings (SSSR count). The van der Waals surface area contributed by atoms with Gasteiger partial charge in [-0.15, -0.1) is 0 Å². The van der Waals surface area contributed by atoms with E-state index in [0.717, 1.165) is 29.8 Å². The highest BCUT2D eigenvalue weighted by atomic mass is 16.2. The van der Waals surface area contributed by atoms with Crippen molar-refractivity contribution in [2.24, 2.45) is 20.0 Å². The summed E-state index contributed by atoms with van der Waals surface area (Å²) in [6, 6.07) is 5.69. The van der Waals surface area contributed by atoms with Crippen LogP contribution in [-0.4, -0.2) is 33.1 Å². The van der Waals surface area contributed by atoms with Crippen molar-refractivity contribution in [3.63, 3.8) is 0 Å². The molecule has 3 heterocycles. The van der Waals surface area contributed by atoms with Crippen LogP contribution in [0.4, 0.5) is 11.5 Å². The first-order valence-electron chi connectivity index (χ1n) is 8.21. The van der Waals surface area contributed by atoms with E-state index < -0.39 is 11.2 Å². The molecule has 25 heavy (non-hydrogen) atoms. The molecule has 1 saturated heterocycles. The van der Waals surface area contributed by atoms with E-state index in [4.69, 9.17) is 0 Å². The highest BCUT2D eigenvalue weighted by Crippen LogP contribution is 2.22. The highest BCUT2D eigenvalue weighted by molar-refractivity contribution is 5.92. The normalized spacial score (nSPS) is 17.4.